The van der Waals surface area contributed by atoms with E-state index in [2.05, 4.69) is 65.3 Å². The zero-order valence-corrected chi connectivity index (χ0v) is 24.0. The van der Waals surface area contributed by atoms with E-state index in [1.54, 1.807) is 4.57 Å². The Bertz CT molecular complexity index is 1730. The van der Waals surface area contributed by atoms with Crippen LogP contribution in [0.4, 0.5) is 0 Å². The highest BCUT2D eigenvalue weighted by molar-refractivity contribution is 14.1. The van der Waals surface area contributed by atoms with Crippen LogP contribution < -0.4 is 14.9 Å². The van der Waals surface area contributed by atoms with Crippen molar-refractivity contribution in [3.05, 3.63) is 118 Å². The Labute approximate surface area is 232 Å². The number of carbonyl (C=O) groups excluding carboxylic acids is 1. The van der Waals surface area contributed by atoms with E-state index in [1.165, 1.54) is 18.4 Å². The normalized spacial score (nSPS) is 15.5. The number of methoxy groups -OCH3 is 1. The number of carbonyl (C=O) groups is 1. The molecule has 2 aromatic heterocycles. The predicted molar refractivity (Wildman–Crippen MR) is 155 cm³/mol. The fourth-order valence-electron chi connectivity index (χ4n) is 4.90. The van der Waals surface area contributed by atoms with Gasteiger partial charge in [0.2, 0.25) is 0 Å². The molecule has 1 atom stereocenters. The number of halogens is 1. The van der Waals surface area contributed by atoms with E-state index >= 15 is 0 Å². The van der Waals surface area contributed by atoms with Gasteiger partial charge in [-0.05, 0) is 84.3 Å². The van der Waals surface area contributed by atoms with Crippen molar-refractivity contribution in [3.63, 3.8) is 0 Å². The molecule has 0 aliphatic carbocycles. The van der Waals surface area contributed by atoms with Gasteiger partial charge >= 0.3 is 5.97 Å². The van der Waals surface area contributed by atoms with Gasteiger partial charge < -0.3 is 9.30 Å². The first-order valence-electron chi connectivity index (χ1n) is 12.0. The summed E-state index contributed by atoms with van der Waals surface area (Å²) in [6, 6.07) is 19.4. The Kier molecular flexibility index (Phi) is 7.04. The highest BCUT2D eigenvalue weighted by Crippen LogP contribution is 2.31. The van der Waals surface area contributed by atoms with Crippen molar-refractivity contribution in [3.8, 4) is 5.69 Å². The molecule has 0 amide bonds. The van der Waals surface area contributed by atoms with Crippen LogP contribution in [0.3, 0.4) is 0 Å². The van der Waals surface area contributed by atoms with Gasteiger partial charge in [-0.2, -0.15) is 0 Å². The molecule has 0 spiro atoms. The molecular formula is C29H26IN3O3S. The van der Waals surface area contributed by atoms with Gasteiger partial charge in [-0.15, -0.1) is 0 Å². The van der Waals surface area contributed by atoms with E-state index in [1.807, 2.05) is 49.4 Å². The van der Waals surface area contributed by atoms with Gasteiger partial charge in [0.15, 0.2) is 4.80 Å². The molecule has 0 saturated carbocycles. The van der Waals surface area contributed by atoms with E-state index < -0.39 is 12.0 Å². The van der Waals surface area contributed by atoms with Crippen LogP contribution in [0.15, 0.2) is 81.7 Å². The van der Waals surface area contributed by atoms with E-state index in [-0.39, 0.29) is 5.56 Å². The molecule has 0 saturated heterocycles. The minimum atomic E-state index is -0.596. The van der Waals surface area contributed by atoms with E-state index in [9.17, 15) is 9.59 Å². The monoisotopic (exact) mass is 623 g/mol. The van der Waals surface area contributed by atoms with Gasteiger partial charge in [0.1, 0.15) is 0 Å². The molecule has 8 heteroatoms. The summed E-state index contributed by atoms with van der Waals surface area (Å²) >= 11 is 3.66. The maximum atomic E-state index is 13.9. The first-order valence-corrected chi connectivity index (χ1v) is 13.9. The molecule has 2 aromatic carbocycles. The van der Waals surface area contributed by atoms with Gasteiger partial charge in [-0.25, -0.2) is 9.79 Å². The first kappa shape index (κ1) is 25.4. The Morgan fingerprint density at radius 1 is 1.14 bits per heavy atom. The summed E-state index contributed by atoms with van der Waals surface area (Å²) in [5, 5.41) is 0. The largest absolute Gasteiger partial charge is 0.466 e. The molecule has 5 rings (SSSR count). The van der Waals surface area contributed by atoms with Crippen LogP contribution in [-0.4, -0.2) is 22.2 Å². The van der Waals surface area contributed by atoms with Gasteiger partial charge in [-0.3, -0.25) is 9.36 Å². The van der Waals surface area contributed by atoms with Crippen molar-refractivity contribution >= 4 is 46.0 Å². The highest BCUT2D eigenvalue weighted by Gasteiger charge is 2.33. The smallest absolute Gasteiger partial charge is 0.338 e. The van der Waals surface area contributed by atoms with Crippen LogP contribution in [0.1, 0.15) is 41.9 Å². The lowest BCUT2D eigenvalue weighted by Crippen LogP contribution is -2.40. The maximum absolute atomic E-state index is 13.9. The van der Waals surface area contributed by atoms with E-state index in [0.29, 0.717) is 27.0 Å². The summed E-state index contributed by atoms with van der Waals surface area (Å²) < 4.78 is 10.7. The molecule has 6 nitrogen and oxygen atoms in total. The molecule has 0 bridgehead atoms. The van der Waals surface area contributed by atoms with E-state index in [0.717, 1.165) is 31.8 Å². The van der Waals surface area contributed by atoms with Crippen molar-refractivity contribution in [2.24, 2.45) is 4.99 Å². The lowest BCUT2D eigenvalue weighted by molar-refractivity contribution is -0.136. The quantitative estimate of drug-likeness (QED) is 0.237. The molecule has 37 heavy (non-hydrogen) atoms. The minimum absolute atomic E-state index is 0.173. The zero-order valence-electron chi connectivity index (χ0n) is 21.0. The van der Waals surface area contributed by atoms with Crippen LogP contribution in [0.5, 0.6) is 0 Å². The molecule has 188 valence electrons. The number of rotatable bonds is 5. The second kappa shape index (κ2) is 10.3. The number of esters is 1. The third-order valence-electron chi connectivity index (χ3n) is 6.59. The van der Waals surface area contributed by atoms with Crippen LogP contribution in [-0.2, 0) is 9.53 Å². The number of aromatic nitrogens is 2. The number of allylic oxidation sites excluding steroid dienone is 1. The molecule has 1 aliphatic rings. The van der Waals surface area contributed by atoms with Crippen molar-refractivity contribution in [2.45, 2.75) is 33.2 Å². The minimum Gasteiger partial charge on any atom is -0.466 e. The Morgan fingerprint density at radius 3 is 2.57 bits per heavy atom. The molecule has 1 aliphatic heterocycles. The number of ether oxygens (including phenoxy) is 1. The summed E-state index contributed by atoms with van der Waals surface area (Å²) in [7, 11) is 1.36. The number of nitrogens with zero attached hydrogens (tertiary/aromatic N) is 3. The van der Waals surface area contributed by atoms with Gasteiger partial charge in [-0.1, -0.05) is 54.7 Å². The molecule has 0 radical (unpaired) electrons. The van der Waals surface area contributed by atoms with Crippen molar-refractivity contribution < 1.29 is 9.53 Å². The average molecular weight is 624 g/mol. The molecular weight excluding hydrogens is 597 g/mol. The van der Waals surface area contributed by atoms with Crippen molar-refractivity contribution in [1.82, 2.24) is 9.13 Å². The van der Waals surface area contributed by atoms with Gasteiger partial charge in [0.05, 0.1) is 29.0 Å². The topological polar surface area (TPSA) is 65.6 Å². The number of aryl methyl sites for hydroxylation is 1. The van der Waals surface area contributed by atoms with Crippen LogP contribution >= 0.6 is 33.9 Å². The fourth-order valence-corrected chi connectivity index (χ4v) is 6.44. The third-order valence-corrected chi connectivity index (χ3v) is 8.24. The van der Waals surface area contributed by atoms with Gasteiger partial charge in [0, 0.05) is 20.6 Å². The first-order chi connectivity index (χ1) is 17.8. The summed E-state index contributed by atoms with van der Waals surface area (Å²) in [6.07, 6.45) is 2.49. The predicted octanol–water partition coefficient (Wildman–Crippen LogP) is 4.81. The zero-order chi connectivity index (χ0) is 26.3. The average Bonchev–Trinajstić information content (AvgIpc) is 3.36. The lowest BCUT2D eigenvalue weighted by atomic mass is 9.95. The fraction of sp³-hybridized carbons (Fsp3) is 0.207. The van der Waals surface area contributed by atoms with Gasteiger partial charge in [0.25, 0.3) is 5.56 Å². The van der Waals surface area contributed by atoms with Crippen LogP contribution in [0.25, 0.3) is 11.8 Å². The number of benzene rings is 2. The Hall–Kier alpha value is -3.24. The van der Waals surface area contributed by atoms with Crippen LogP contribution in [0, 0.1) is 17.4 Å². The Morgan fingerprint density at radius 2 is 1.89 bits per heavy atom. The second-order valence-corrected chi connectivity index (χ2v) is 11.1. The third kappa shape index (κ3) is 4.53. The SMILES string of the molecule is CCC1=C(C(=O)OC)[C@H](c2ccccc2)n2c(s/c(=C\c3cc(C)n(-c4cccc(I)c4)c3C)c2=O)=N1. The number of hydrogen-bond acceptors (Lipinski definition) is 5. The summed E-state index contributed by atoms with van der Waals surface area (Å²) in [5.74, 6) is -0.468. The number of fused-ring (bicyclic) bond motifs is 1. The second-order valence-electron chi connectivity index (χ2n) is 8.84. The maximum Gasteiger partial charge on any atom is 0.338 e. The molecule has 0 unspecified atom stereocenters. The summed E-state index contributed by atoms with van der Waals surface area (Å²) in [5.41, 5.74) is 5.92. The number of thiazole rings is 1. The lowest BCUT2D eigenvalue weighted by Gasteiger charge is -2.25. The molecule has 0 N–H and O–H groups in total. The van der Waals surface area contributed by atoms with Crippen molar-refractivity contribution in [2.75, 3.05) is 7.11 Å². The Balaban J connectivity index is 1.72. The summed E-state index contributed by atoms with van der Waals surface area (Å²) in [6.45, 7) is 6.09. The van der Waals surface area contributed by atoms with Crippen LogP contribution in [0.2, 0.25) is 0 Å². The standard InChI is InChI=1S/C29H26IN3O3S/c1-5-23-25(28(35)36-4)26(19-10-7-6-8-11-19)33-27(34)24(37-29(33)31-23)15-20-14-17(2)32(18(20)3)22-13-9-12-21(30)16-22/h6-16,26H,5H2,1-4H3/b24-15-/t26-/m0/s1. The van der Waals surface area contributed by atoms with E-state index in [4.69, 9.17) is 9.73 Å². The summed E-state index contributed by atoms with van der Waals surface area (Å²) in [4.78, 5) is 32.1. The van der Waals surface area contributed by atoms with Crippen molar-refractivity contribution in [1.29, 1.82) is 0 Å². The number of hydrogen-bond donors (Lipinski definition) is 0. The molecule has 4 aromatic rings. The molecule has 0 fully saturated rings. The highest BCUT2D eigenvalue weighted by atomic mass is 127. The molecule has 3 heterocycles.